The van der Waals surface area contributed by atoms with Gasteiger partial charge in [-0.15, -0.1) is 0 Å². The van der Waals surface area contributed by atoms with Gasteiger partial charge in [-0.05, 0) is 18.9 Å². The molecule has 1 atom stereocenters. The highest BCUT2D eigenvalue weighted by molar-refractivity contribution is 5.22. The Morgan fingerprint density at radius 2 is 2.36 bits per heavy atom. The van der Waals surface area contributed by atoms with Crippen LogP contribution in [-0.4, -0.2) is 29.2 Å². The third-order valence-corrected chi connectivity index (χ3v) is 2.74. The third kappa shape index (κ3) is 2.34. The summed E-state index contributed by atoms with van der Waals surface area (Å²) in [5, 5.41) is 9.39. The molecule has 1 fully saturated rings. The van der Waals surface area contributed by atoms with Gasteiger partial charge in [-0.2, -0.15) is 0 Å². The first-order valence-electron chi connectivity index (χ1n) is 5.20. The van der Waals surface area contributed by atoms with Crippen molar-refractivity contribution in [3.63, 3.8) is 0 Å². The van der Waals surface area contributed by atoms with Crippen molar-refractivity contribution < 1.29 is 5.11 Å². The summed E-state index contributed by atoms with van der Waals surface area (Å²) in [6.45, 7) is 4.93. The van der Waals surface area contributed by atoms with Crippen LogP contribution in [0.1, 0.15) is 17.5 Å². The lowest BCUT2D eigenvalue weighted by atomic mass is 10.1. The van der Waals surface area contributed by atoms with Crippen molar-refractivity contribution in [1.82, 2.24) is 4.90 Å². The largest absolute Gasteiger partial charge is 0.392 e. The van der Waals surface area contributed by atoms with Gasteiger partial charge in [0.1, 0.15) is 0 Å². The Bertz CT molecular complexity index is 311. The molecular weight excluding hydrogens is 174 g/mol. The molecule has 1 aromatic carbocycles. The molecule has 0 spiro atoms. The Hall–Kier alpha value is -0.860. The van der Waals surface area contributed by atoms with Crippen LogP contribution in [-0.2, 0) is 6.54 Å². The quantitative estimate of drug-likeness (QED) is 0.767. The SMILES string of the molecule is Cc1cccc(CN2CC[C@H](O)C2)c1. The Morgan fingerprint density at radius 1 is 1.50 bits per heavy atom. The van der Waals surface area contributed by atoms with Crippen molar-refractivity contribution in [2.24, 2.45) is 0 Å². The Balaban J connectivity index is 1.97. The maximum Gasteiger partial charge on any atom is 0.0679 e. The van der Waals surface area contributed by atoms with E-state index in [0.29, 0.717) is 0 Å². The summed E-state index contributed by atoms with van der Waals surface area (Å²) >= 11 is 0. The molecule has 2 nitrogen and oxygen atoms in total. The normalized spacial score (nSPS) is 22.9. The van der Waals surface area contributed by atoms with E-state index < -0.39 is 0 Å². The van der Waals surface area contributed by atoms with Crippen LogP contribution in [0.25, 0.3) is 0 Å². The van der Waals surface area contributed by atoms with E-state index in [9.17, 15) is 5.11 Å². The molecule has 1 saturated heterocycles. The van der Waals surface area contributed by atoms with E-state index in [4.69, 9.17) is 0 Å². The molecular formula is C12H17NO. The van der Waals surface area contributed by atoms with Crippen LogP contribution in [0.3, 0.4) is 0 Å². The predicted molar refractivity (Wildman–Crippen MR) is 57.1 cm³/mol. The summed E-state index contributed by atoms with van der Waals surface area (Å²) < 4.78 is 0. The molecule has 1 aromatic rings. The molecule has 0 saturated carbocycles. The first-order valence-corrected chi connectivity index (χ1v) is 5.20. The second kappa shape index (κ2) is 4.11. The van der Waals surface area contributed by atoms with Gasteiger partial charge in [0.05, 0.1) is 6.10 Å². The average molecular weight is 191 g/mol. The Kier molecular flexibility index (Phi) is 2.85. The number of nitrogens with zero attached hydrogens (tertiary/aromatic N) is 1. The summed E-state index contributed by atoms with van der Waals surface area (Å²) in [6.07, 6.45) is 0.811. The number of rotatable bonds is 2. The lowest BCUT2D eigenvalue weighted by Gasteiger charge is -2.14. The maximum absolute atomic E-state index is 9.39. The minimum atomic E-state index is -0.111. The van der Waals surface area contributed by atoms with Crippen molar-refractivity contribution in [2.75, 3.05) is 13.1 Å². The molecule has 1 aliphatic heterocycles. The number of hydrogen-bond donors (Lipinski definition) is 1. The molecule has 1 heterocycles. The zero-order chi connectivity index (χ0) is 9.97. The van der Waals surface area contributed by atoms with Gasteiger partial charge >= 0.3 is 0 Å². The zero-order valence-corrected chi connectivity index (χ0v) is 8.61. The molecule has 0 unspecified atom stereocenters. The summed E-state index contributed by atoms with van der Waals surface area (Å²) in [7, 11) is 0. The van der Waals surface area contributed by atoms with Crippen LogP contribution in [0.5, 0.6) is 0 Å². The molecule has 76 valence electrons. The lowest BCUT2D eigenvalue weighted by molar-refractivity contribution is 0.175. The van der Waals surface area contributed by atoms with E-state index in [2.05, 4.69) is 36.1 Å². The lowest BCUT2D eigenvalue weighted by Crippen LogP contribution is -2.21. The van der Waals surface area contributed by atoms with E-state index in [0.717, 1.165) is 26.1 Å². The van der Waals surface area contributed by atoms with Crippen molar-refractivity contribution in [2.45, 2.75) is 26.0 Å². The van der Waals surface area contributed by atoms with Gasteiger partial charge in [0.15, 0.2) is 0 Å². The van der Waals surface area contributed by atoms with E-state index in [1.165, 1.54) is 11.1 Å². The topological polar surface area (TPSA) is 23.5 Å². The molecule has 0 radical (unpaired) electrons. The van der Waals surface area contributed by atoms with Crippen LogP contribution in [0.4, 0.5) is 0 Å². The fourth-order valence-corrected chi connectivity index (χ4v) is 2.02. The van der Waals surface area contributed by atoms with E-state index >= 15 is 0 Å². The fourth-order valence-electron chi connectivity index (χ4n) is 2.02. The molecule has 0 amide bonds. The van der Waals surface area contributed by atoms with Gasteiger partial charge in [0.2, 0.25) is 0 Å². The number of aryl methyl sites for hydroxylation is 1. The Labute approximate surface area is 85.2 Å². The first kappa shape index (κ1) is 9.69. The van der Waals surface area contributed by atoms with Crippen LogP contribution in [0.15, 0.2) is 24.3 Å². The highest BCUT2D eigenvalue weighted by Crippen LogP contribution is 2.13. The van der Waals surface area contributed by atoms with E-state index in [-0.39, 0.29) is 6.10 Å². The summed E-state index contributed by atoms with van der Waals surface area (Å²) in [5.41, 5.74) is 2.65. The van der Waals surface area contributed by atoms with Gasteiger partial charge in [0.25, 0.3) is 0 Å². The third-order valence-electron chi connectivity index (χ3n) is 2.74. The van der Waals surface area contributed by atoms with Crippen LogP contribution < -0.4 is 0 Å². The highest BCUT2D eigenvalue weighted by atomic mass is 16.3. The second-order valence-corrected chi connectivity index (χ2v) is 4.17. The predicted octanol–water partition coefficient (Wildman–Crippen LogP) is 1.56. The smallest absolute Gasteiger partial charge is 0.0679 e. The van der Waals surface area contributed by atoms with Gasteiger partial charge in [-0.25, -0.2) is 0 Å². The van der Waals surface area contributed by atoms with Crippen molar-refractivity contribution in [3.8, 4) is 0 Å². The number of likely N-dealkylation sites (tertiary alicyclic amines) is 1. The first-order chi connectivity index (χ1) is 6.74. The highest BCUT2D eigenvalue weighted by Gasteiger charge is 2.19. The average Bonchev–Trinajstić information content (AvgIpc) is 2.51. The van der Waals surface area contributed by atoms with Crippen molar-refractivity contribution in [1.29, 1.82) is 0 Å². The maximum atomic E-state index is 9.39. The molecule has 1 N–H and O–H groups in total. The molecule has 0 bridgehead atoms. The number of benzene rings is 1. The summed E-state index contributed by atoms with van der Waals surface area (Å²) in [6, 6.07) is 8.57. The van der Waals surface area contributed by atoms with E-state index in [1.54, 1.807) is 0 Å². The van der Waals surface area contributed by atoms with Crippen LogP contribution >= 0.6 is 0 Å². The number of β-amino-alcohol motifs (C(OH)–C–C–N with tert-alkyl or cyclic N) is 1. The van der Waals surface area contributed by atoms with Gasteiger partial charge < -0.3 is 5.11 Å². The van der Waals surface area contributed by atoms with Crippen molar-refractivity contribution in [3.05, 3.63) is 35.4 Å². The monoisotopic (exact) mass is 191 g/mol. The zero-order valence-electron chi connectivity index (χ0n) is 8.61. The number of hydrogen-bond acceptors (Lipinski definition) is 2. The van der Waals surface area contributed by atoms with Crippen LogP contribution in [0, 0.1) is 6.92 Å². The second-order valence-electron chi connectivity index (χ2n) is 4.17. The minimum absolute atomic E-state index is 0.111. The fraction of sp³-hybridized carbons (Fsp3) is 0.500. The van der Waals surface area contributed by atoms with Crippen molar-refractivity contribution >= 4 is 0 Å². The van der Waals surface area contributed by atoms with Gasteiger partial charge in [0, 0.05) is 19.6 Å². The molecule has 0 aromatic heterocycles. The van der Waals surface area contributed by atoms with Gasteiger partial charge in [-0.3, -0.25) is 4.90 Å². The summed E-state index contributed by atoms with van der Waals surface area (Å²) in [4.78, 5) is 2.30. The van der Waals surface area contributed by atoms with E-state index in [1.807, 2.05) is 0 Å². The van der Waals surface area contributed by atoms with Crippen LogP contribution in [0.2, 0.25) is 0 Å². The molecule has 2 heteroatoms. The molecule has 0 aliphatic carbocycles. The molecule has 1 aliphatic rings. The minimum Gasteiger partial charge on any atom is -0.392 e. The number of aliphatic hydroxyl groups excluding tert-OH is 1. The molecule has 14 heavy (non-hydrogen) atoms. The van der Waals surface area contributed by atoms with Gasteiger partial charge in [-0.1, -0.05) is 29.8 Å². The summed E-state index contributed by atoms with van der Waals surface area (Å²) in [5.74, 6) is 0. The standard InChI is InChI=1S/C12H17NO/c1-10-3-2-4-11(7-10)8-13-6-5-12(14)9-13/h2-4,7,12,14H,5-6,8-9H2,1H3/t12-/m0/s1. The number of aliphatic hydroxyl groups is 1. The molecule has 2 rings (SSSR count). The Morgan fingerprint density at radius 3 is 3.00 bits per heavy atom.